The van der Waals surface area contributed by atoms with Crippen LogP contribution in [0.25, 0.3) is 11.3 Å². The second-order valence-corrected chi connectivity index (χ2v) is 8.40. The fraction of sp³-hybridized carbons (Fsp3) is 0.348. The van der Waals surface area contributed by atoms with E-state index in [1.807, 2.05) is 17.9 Å². The molecule has 156 valence electrons. The van der Waals surface area contributed by atoms with Gasteiger partial charge in [-0.15, -0.1) is 11.3 Å². The lowest BCUT2D eigenvalue weighted by atomic mass is 9.93. The number of ether oxygens (including phenoxy) is 2. The summed E-state index contributed by atoms with van der Waals surface area (Å²) in [5.74, 6) is 1.43. The molecule has 3 aromatic rings. The summed E-state index contributed by atoms with van der Waals surface area (Å²) in [6.07, 6.45) is 5.61. The minimum Gasteiger partial charge on any atom is -0.495 e. The van der Waals surface area contributed by atoms with E-state index < -0.39 is 0 Å². The fourth-order valence-electron chi connectivity index (χ4n) is 4.03. The van der Waals surface area contributed by atoms with Crippen molar-refractivity contribution >= 4 is 17.2 Å². The number of thiazole rings is 1. The Labute approximate surface area is 180 Å². The smallest absolute Gasteiger partial charge is 0.223 e. The van der Waals surface area contributed by atoms with Gasteiger partial charge in [-0.05, 0) is 31.4 Å². The molecule has 0 radical (unpaired) electrons. The number of rotatable bonds is 6. The number of carbonyl (C=O) groups is 1. The van der Waals surface area contributed by atoms with Gasteiger partial charge in [0.1, 0.15) is 11.5 Å². The van der Waals surface area contributed by atoms with Gasteiger partial charge in [0.2, 0.25) is 5.91 Å². The van der Waals surface area contributed by atoms with Crippen LogP contribution in [-0.4, -0.2) is 35.0 Å². The number of hydrogen-bond donors (Lipinski definition) is 0. The number of hydrogen-bond acceptors (Lipinski definition) is 6. The van der Waals surface area contributed by atoms with Gasteiger partial charge in [-0.3, -0.25) is 9.78 Å². The molecule has 1 aliphatic heterocycles. The highest BCUT2D eigenvalue weighted by Gasteiger charge is 2.33. The summed E-state index contributed by atoms with van der Waals surface area (Å²) >= 11 is 1.64. The lowest BCUT2D eigenvalue weighted by molar-refractivity contribution is -0.137. The number of methoxy groups -OCH3 is 2. The van der Waals surface area contributed by atoms with Gasteiger partial charge in [0.25, 0.3) is 0 Å². The molecule has 1 atom stereocenters. The first-order chi connectivity index (χ1) is 14.6. The topological polar surface area (TPSA) is 64.6 Å². The van der Waals surface area contributed by atoms with E-state index in [1.165, 1.54) is 0 Å². The fourth-order valence-corrected chi connectivity index (χ4v) is 4.65. The number of piperidine rings is 1. The van der Waals surface area contributed by atoms with Crippen LogP contribution in [0.1, 0.15) is 41.4 Å². The third-order valence-electron chi connectivity index (χ3n) is 5.45. The second-order valence-electron chi connectivity index (χ2n) is 7.34. The molecule has 7 heteroatoms. The van der Waals surface area contributed by atoms with Crippen LogP contribution in [0.5, 0.6) is 11.5 Å². The SMILES string of the molecule is COc1cncc(OC)c1C1CCCC(=O)N1Cc1cccc(-c2csc(C)n2)c1. The van der Waals surface area contributed by atoms with Gasteiger partial charge in [-0.25, -0.2) is 4.98 Å². The van der Waals surface area contributed by atoms with Crippen LogP contribution in [0.4, 0.5) is 0 Å². The van der Waals surface area contributed by atoms with E-state index >= 15 is 0 Å². The number of nitrogens with zero attached hydrogens (tertiary/aromatic N) is 3. The van der Waals surface area contributed by atoms with Crippen molar-refractivity contribution in [3.8, 4) is 22.8 Å². The zero-order valence-corrected chi connectivity index (χ0v) is 18.2. The van der Waals surface area contributed by atoms with Gasteiger partial charge in [-0.2, -0.15) is 0 Å². The molecule has 1 unspecified atom stereocenters. The summed E-state index contributed by atoms with van der Waals surface area (Å²) in [6, 6.07) is 8.14. The predicted molar refractivity (Wildman–Crippen MR) is 117 cm³/mol. The zero-order chi connectivity index (χ0) is 21.1. The number of pyridine rings is 1. The van der Waals surface area contributed by atoms with E-state index in [-0.39, 0.29) is 11.9 Å². The highest BCUT2D eigenvalue weighted by atomic mass is 32.1. The van der Waals surface area contributed by atoms with Gasteiger partial charge in [0, 0.05) is 23.9 Å². The molecule has 6 nitrogen and oxygen atoms in total. The molecule has 1 amide bonds. The van der Waals surface area contributed by atoms with Crippen LogP contribution in [0.2, 0.25) is 0 Å². The summed E-state index contributed by atoms with van der Waals surface area (Å²) in [7, 11) is 3.24. The molecular weight excluding hydrogens is 398 g/mol. The van der Waals surface area contributed by atoms with Crippen molar-refractivity contribution in [1.82, 2.24) is 14.9 Å². The average Bonchev–Trinajstić information content (AvgIpc) is 3.21. The summed E-state index contributed by atoms with van der Waals surface area (Å²) < 4.78 is 11.1. The third kappa shape index (κ3) is 4.03. The molecule has 0 N–H and O–H groups in total. The summed E-state index contributed by atoms with van der Waals surface area (Å²) in [4.78, 5) is 23.7. The molecule has 1 aromatic carbocycles. The Balaban J connectivity index is 1.68. The van der Waals surface area contributed by atoms with E-state index in [4.69, 9.17) is 9.47 Å². The highest BCUT2D eigenvalue weighted by Crippen LogP contribution is 2.42. The Hall–Kier alpha value is -2.93. The molecule has 0 saturated carbocycles. The Kier molecular flexibility index (Phi) is 5.99. The van der Waals surface area contributed by atoms with Crippen molar-refractivity contribution in [3.63, 3.8) is 0 Å². The van der Waals surface area contributed by atoms with Gasteiger partial charge >= 0.3 is 0 Å². The van der Waals surface area contributed by atoms with Crippen molar-refractivity contribution in [2.45, 2.75) is 38.8 Å². The van der Waals surface area contributed by atoms with Gasteiger partial charge in [-0.1, -0.05) is 18.2 Å². The molecule has 4 rings (SSSR count). The molecule has 1 fully saturated rings. The average molecular weight is 424 g/mol. The number of aryl methyl sites for hydroxylation is 1. The van der Waals surface area contributed by atoms with E-state index in [0.717, 1.165) is 40.2 Å². The van der Waals surface area contributed by atoms with Crippen molar-refractivity contribution in [1.29, 1.82) is 0 Å². The molecule has 0 spiro atoms. The van der Waals surface area contributed by atoms with E-state index in [9.17, 15) is 4.79 Å². The van der Waals surface area contributed by atoms with Gasteiger partial charge in [0.05, 0.1) is 48.9 Å². The number of aromatic nitrogens is 2. The standard InChI is InChI=1S/C23H25N3O3S/c1-15-25-18(14-30-15)17-7-4-6-16(10-17)13-26-19(8-5-9-22(26)27)23-20(28-2)11-24-12-21(23)29-3/h4,6-7,10-12,14,19H,5,8-9,13H2,1-3H3. The van der Waals surface area contributed by atoms with Crippen LogP contribution >= 0.6 is 11.3 Å². The van der Waals surface area contributed by atoms with Crippen molar-refractivity contribution < 1.29 is 14.3 Å². The normalized spacial score (nSPS) is 16.6. The largest absolute Gasteiger partial charge is 0.495 e. The predicted octanol–water partition coefficient (Wildman–Crippen LogP) is 4.78. The first kappa shape index (κ1) is 20.3. The zero-order valence-electron chi connectivity index (χ0n) is 17.4. The summed E-state index contributed by atoms with van der Waals surface area (Å²) in [5.41, 5.74) is 4.00. The Morgan fingerprint density at radius 2 is 1.97 bits per heavy atom. The van der Waals surface area contributed by atoms with Crippen molar-refractivity contribution in [3.05, 3.63) is 58.2 Å². The molecule has 30 heavy (non-hydrogen) atoms. The van der Waals surface area contributed by atoms with E-state index in [2.05, 4.69) is 33.5 Å². The maximum absolute atomic E-state index is 13.0. The third-order valence-corrected chi connectivity index (χ3v) is 6.22. The number of benzene rings is 1. The van der Waals surface area contributed by atoms with Crippen LogP contribution in [0.3, 0.4) is 0 Å². The lowest BCUT2D eigenvalue weighted by Gasteiger charge is -2.37. The summed E-state index contributed by atoms with van der Waals surface area (Å²) in [5, 5.41) is 3.11. The molecule has 3 heterocycles. The lowest BCUT2D eigenvalue weighted by Crippen LogP contribution is -2.38. The number of amides is 1. The maximum Gasteiger partial charge on any atom is 0.223 e. The van der Waals surface area contributed by atoms with Crippen LogP contribution in [0, 0.1) is 6.92 Å². The molecule has 1 saturated heterocycles. The van der Waals surface area contributed by atoms with Crippen molar-refractivity contribution in [2.24, 2.45) is 0 Å². The van der Waals surface area contributed by atoms with Crippen LogP contribution in [0.15, 0.2) is 42.0 Å². The molecule has 0 aliphatic carbocycles. The molecular formula is C23H25N3O3S. The van der Waals surface area contributed by atoms with Gasteiger partial charge in [0.15, 0.2) is 0 Å². The number of carbonyl (C=O) groups excluding carboxylic acids is 1. The summed E-state index contributed by atoms with van der Waals surface area (Å²) in [6.45, 7) is 2.53. The quantitative estimate of drug-likeness (QED) is 0.571. The molecule has 0 bridgehead atoms. The van der Waals surface area contributed by atoms with E-state index in [0.29, 0.717) is 24.5 Å². The highest BCUT2D eigenvalue weighted by molar-refractivity contribution is 7.09. The maximum atomic E-state index is 13.0. The van der Waals surface area contributed by atoms with Crippen LogP contribution < -0.4 is 9.47 Å². The minimum absolute atomic E-state index is 0.121. The van der Waals surface area contributed by atoms with Crippen molar-refractivity contribution in [2.75, 3.05) is 14.2 Å². The first-order valence-electron chi connectivity index (χ1n) is 9.97. The van der Waals surface area contributed by atoms with Crippen LogP contribution in [-0.2, 0) is 11.3 Å². The molecule has 1 aliphatic rings. The molecule has 2 aromatic heterocycles. The monoisotopic (exact) mass is 423 g/mol. The van der Waals surface area contributed by atoms with Gasteiger partial charge < -0.3 is 14.4 Å². The second kappa shape index (κ2) is 8.83. The number of likely N-dealkylation sites (tertiary alicyclic amines) is 1. The Morgan fingerprint density at radius 3 is 2.63 bits per heavy atom. The Morgan fingerprint density at radius 1 is 1.20 bits per heavy atom. The minimum atomic E-state index is -0.121. The Bertz CT molecular complexity index is 1030. The van der Waals surface area contributed by atoms with E-state index in [1.54, 1.807) is 38.0 Å². The first-order valence-corrected chi connectivity index (χ1v) is 10.9.